The van der Waals surface area contributed by atoms with Crippen LogP contribution in [-0.2, 0) is 0 Å². The van der Waals surface area contributed by atoms with Crippen molar-refractivity contribution >= 4 is 22.2 Å². The molecule has 15 heavy (non-hydrogen) atoms. The molecule has 0 radical (unpaired) electrons. The molecule has 82 valence electrons. The van der Waals surface area contributed by atoms with Gasteiger partial charge in [0, 0.05) is 11.1 Å². The molecule has 0 bridgehead atoms. The molecule has 1 aromatic heterocycles. The van der Waals surface area contributed by atoms with E-state index < -0.39 is 0 Å². The summed E-state index contributed by atoms with van der Waals surface area (Å²) in [7, 11) is 0. The zero-order valence-electron chi connectivity index (χ0n) is 9.29. The molecule has 3 nitrogen and oxygen atoms in total. The van der Waals surface area contributed by atoms with E-state index in [1.807, 2.05) is 12.3 Å². The molecule has 1 saturated carbocycles. The van der Waals surface area contributed by atoms with Crippen LogP contribution in [0.15, 0.2) is 10.5 Å². The van der Waals surface area contributed by atoms with E-state index in [-0.39, 0.29) is 0 Å². The molecule has 0 aliphatic heterocycles. The molecule has 1 heterocycles. The largest absolute Gasteiger partial charge is 0.253 e. The van der Waals surface area contributed by atoms with Gasteiger partial charge in [-0.25, -0.2) is 4.98 Å². The minimum Gasteiger partial charge on any atom is -0.253 e. The lowest BCUT2D eigenvalue weighted by molar-refractivity contribution is 0.558. The Morgan fingerprint density at radius 3 is 3.07 bits per heavy atom. The highest BCUT2D eigenvalue weighted by Gasteiger charge is 2.15. The molecular weight excluding hydrogens is 206 g/mol. The molecule has 2 rings (SSSR count). The van der Waals surface area contributed by atoms with E-state index in [0.717, 1.165) is 17.2 Å². The van der Waals surface area contributed by atoms with E-state index in [1.165, 1.54) is 25.0 Å². The molecular formula is C11H17N3S. The Labute approximate surface area is 94.6 Å². The summed E-state index contributed by atoms with van der Waals surface area (Å²) in [5.74, 6) is 0.632. The molecule has 0 spiro atoms. The Bertz CT molecular complexity index is 356. The van der Waals surface area contributed by atoms with Crippen LogP contribution >= 0.6 is 11.3 Å². The maximum absolute atomic E-state index is 4.46. The van der Waals surface area contributed by atoms with Crippen LogP contribution in [0.3, 0.4) is 0 Å². The maximum atomic E-state index is 4.46. The van der Waals surface area contributed by atoms with Crippen LogP contribution in [0.5, 0.6) is 0 Å². The zero-order valence-corrected chi connectivity index (χ0v) is 10.1. The molecule has 1 N–H and O–H groups in total. The highest BCUT2D eigenvalue weighted by molar-refractivity contribution is 7.13. The normalized spacial score (nSPS) is 24.4. The first kappa shape index (κ1) is 10.6. The summed E-state index contributed by atoms with van der Waals surface area (Å²) in [6, 6.07) is 0. The van der Waals surface area contributed by atoms with Gasteiger partial charge in [0.15, 0.2) is 0 Å². The topological polar surface area (TPSA) is 37.3 Å². The molecule has 0 saturated heterocycles. The molecule has 0 amide bonds. The standard InChI is InChI=1S/C11H17N3S/c1-8-5-3-4-6-10(8)13-14-11-12-9(2)7-15-11/h7-8H,3-6H2,1-2H3,(H,12,14)/b13-10+. The van der Waals surface area contributed by atoms with Crippen LogP contribution in [0.2, 0.25) is 0 Å². The van der Waals surface area contributed by atoms with Crippen molar-refractivity contribution in [2.45, 2.75) is 39.5 Å². The van der Waals surface area contributed by atoms with Gasteiger partial charge in [0.05, 0.1) is 5.69 Å². The average Bonchev–Trinajstić information content (AvgIpc) is 2.63. The van der Waals surface area contributed by atoms with E-state index in [4.69, 9.17) is 0 Å². The second-order valence-electron chi connectivity index (χ2n) is 4.16. The van der Waals surface area contributed by atoms with Crippen molar-refractivity contribution in [1.29, 1.82) is 0 Å². The fourth-order valence-corrected chi connectivity index (χ4v) is 2.49. The van der Waals surface area contributed by atoms with Crippen molar-refractivity contribution in [2.75, 3.05) is 5.43 Å². The van der Waals surface area contributed by atoms with Gasteiger partial charge in [-0.05, 0) is 32.1 Å². The number of nitrogens with zero attached hydrogens (tertiary/aromatic N) is 2. The first-order chi connectivity index (χ1) is 7.25. The number of nitrogens with one attached hydrogen (secondary N) is 1. The van der Waals surface area contributed by atoms with Gasteiger partial charge in [-0.2, -0.15) is 5.10 Å². The van der Waals surface area contributed by atoms with Crippen molar-refractivity contribution in [1.82, 2.24) is 4.98 Å². The molecule has 1 aliphatic rings. The van der Waals surface area contributed by atoms with Crippen molar-refractivity contribution in [3.63, 3.8) is 0 Å². The predicted octanol–water partition coefficient (Wildman–Crippen LogP) is 3.43. The van der Waals surface area contributed by atoms with Crippen molar-refractivity contribution in [3.8, 4) is 0 Å². The Hall–Kier alpha value is -0.900. The molecule has 1 atom stereocenters. The number of rotatable bonds is 2. The van der Waals surface area contributed by atoms with Crippen LogP contribution in [0.4, 0.5) is 5.13 Å². The third-order valence-corrected chi connectivity index (χ3v) is 3.67. The van der Waals surface area contributed by atoms with Gasteiger partial charge >= 0.3 is 0 Å². The molecule has 1 aromatic rings. The SMILES string of the molecule is Cc1csc(N/N=C2\CCCCC2C)n1. The van der Waals surface area contributed by atoms with Crippen LogP contribution in [-0.4, -0.2) is 10.7 Å². The number of aryl methyl sites for hydroxylation is 1. The van der Waals surface area contributed by atoms with E-state index in [0.29, 0.717) is 5.92 Å². The third kappa shape index (κ3) is 2.78. The Morgan fingerprint density at radius 2 is 2.40 bits per heavy atom. The van der Waals surface area contributed by atoms with Gasteiger partial charge in [-0.3, -0.25) is 5.43 Å². The second-order valence-corrected chi connectivity index (χ2v) is 5.01. The minimum absolute atomic E-state index is 0.632. The second kappa shape index (κ2) is 4.75. The van der Waals surface area contributed by atoms with Gasteiger partial charge in [0.2, 0.25) is 5.13 Å². The number of thiazole rings is 1. The Balaban J connectivity index is 1.97. The summed E-state index contributed by atoms with van der Waals surface area (Å²) in [6.07, 6.45) is 5.04. The van der Waals surface area contributed by atoms with Gasteiger partial charge < -0.3 is 0 Å². The fraction of sp³-hybridized carbons (Fsp3) is 0.636. The van der Waals surface area contributed by atoms with Crippen LogP contribution in [0.1, 0.15) is 38.3 Å². The predicted molar refractivity (Wildman–Crippen MR) is 65.5 cm³/mol. The van der Waals surface area contributed by atoms with Crippen LogP contribution in [0, 0.1) is 12.8 Å². The molecule has 4 heteroatoms. The van der Waals surface area contributed by atoms with Crippen molar-refractivity contribution < 1.29 is 0 Å². The van der Waals surface area contributed by atoms with Crippen LogP contribution in [0.25, 0.3) is 0 Å². The summed E-state index contributed by atoms with van der Waals surface area (Å²) >= 11 is 1.61. The van der Waals surface area contributed by atoms with Gasteiger partial charge in [-0.1, -0.05) is 13.3 Å². The lowest BCUT2D eigenvalue weighted by Gasteiger charge is -2.19. The van der Waals surface area contributed by atoms with Gasteiger partial charge in [0.25, 0.3) is 0 Å². The van der Waals surface area contributed by atoms with Gasteiger partial charge in [-0.15, -0.1) is 11.3 Å². The third-order valence-electron chi connectivity index (χ3n) is 2.80. The van der Waals surface area contributed by atoms with E-state index in [2.05, 4.69) is 22.4 Å². The van der Waals surface area contributed by atoms with Crippen molar-refractivity contribution in [3.05, 3.63) is 11.1 Å². The summed E-state index contributed by atoms with van der Waals surface area (Å²) in [4.78, 5) is 4.32. The van der Waals surface area contributed by atoms with Crippen LogP contribution < -0.4 is 5.43 Å². The summed E-state index contributed by atoms with van der Waals surface area (Å²) in [5.41, 5.74) is 5.42. The molecule has 1 fully saturated rings. The van der Waals surface area contributed by atoms with E-state index >= 15 is 0 Å². The minimum atomic E-state index is 0.632. The smallest absolute Gasteiger partial charge is 0.203 e. The first-order valence-corrected chi connectivity index (χ1v) is 6.38. The molecule has 0 aromatic carbocycles. The summed E-state index contributed by atoms with van der Waals surface area (Å²) in [5, 5.41) is 7.40. The Kier molecular flexibility index (Phi) is 3.36. The summed E-state index contributed by atoms with van der Waals surface area (Å²) < 4.78 is 0. The number of anilines is 1. The Morgan fingerprint density at radius 1 is 1.53 bits per heavy atom. The molecule has 1 unspecified atom stereocenters. The quantitative estimate of drug-likeness (QED) is 0.780. The number of hydrogen-bond acceptors (Lipinski definition) is 4. The summed E-state index contributed by atoms with van der Waals surface area (Å²) in [6.45, 7) is 4.25. The monoisotopic (exact) mass is 223 g/mol. The van der Waals surface area contributed by atoms with Crippen molar-refractivity contribution in [2.24, 2.45) is 11.0 Å². The number of hydrogen-bond donors (Lipinski definition) is 1. The maximum Gasteiger partial charge on any atom is 0.203 e. The fourth-order valence-electron chi connectivity index (χ4n) is 1.86. The highest BCUT2D eigenvalue weighted by atomic mass is 32.1. The molecule has 1 aliphatic carbocycles. The lowest BCUT2D eigenvalue weighted by atomic mass is 9.89. The van der Waals surface area contributed by atoms with Gasteiger partial charge in [0.1, 0.15) is 0 Å². The van der Waals surface area contributed by atoms with E-state index in [1.54, 1.807) is 11.3 Å². The highest BCUT2D eigenvalue weighted by Crippen LogP contribution is 2.22. The number of hydrazone groups is 1. The average molecular weight is 223 g/mol. The van der Waals surface area contributed by atoms with E-state index in [9.17, 15) is 0 Å². The lowest BCUT2D eigenvalue weighted by Crippen LogP contribution is -2.17. The zero-order chi connectivity index (χ0) is 10.7. The number of aromatic nitrogens is 1. The first-order valence-electron chi connectivity index (χ1n) is 5.50.